The third-order valence-corrected chi connectivity index (χ3v) is 2.55. The minimum Gasteiger partial charge on any atom is -0.387 e. The predicted octanol–water partition coefficient (Wildman–Crippen LogP) is -1.52. The molecule has 0 aromatic heterocycles. The third-order valence-electron chi connectivity index (χ3n) is 2.55. The molecule has 2 fully saturated rings. The largest absolute Gasteiger partial charge is 0.387 e. The Kier molecular flexibility index (Phi) is 2.70. The molecule has 0 aromatic rings. The molecule has 0 spiro atoms. The smallest absolute Gasteiger partial charge is 0.347 e. The van der Waals surface area contributed by atoms with Gasteiger partial charge >= 0.3 is 6.04 Å². The van der Waals surface area contributed by atoms with Crippen LogP contribution in [0.25, 0.3) is 0 Å². The molecule has 15 heavy (non-hydrogen) atoms. The van der Waals surface area contributed by atoms with Crippen LogP contribution in [0.4, 0.5) is 4.39 Å². The van der Waals surface area contributed by atoms with Gasteiger partial charge in [-0.1, -0.05) is 0 Å². The van der Waals surface area contributed by atoms with Crippen molar-refractivity contribution in [1.82, 2.24) is 0 Å². The highest BCUT2D eigenvalue weighted by Crippen LogP contribution is 2.33. The van der Waals surface area contributed by atoms with Crippen molar-refractivity contribution in [3.05, 3.63) is 0 Å². The van der Waals surface area contributed by atoms with Gasteiger partial charge in [-0.2, -0.15) is 4.39 Å². The summed E-state index contributed by atoms with van der Waals surface area (Å²) in [4.78, 5) is 0. The van der Waals surface area contributed by atoms with E-state index in [0.29, 0.717) is 0 Å². The average molecular weight is 224 g/mol. The van der Waals surface area contributed by atoms with Gasteiger partial charge in [-0.05, 0) is 6.92 Å². The quantitative estimate of drug-likeness (QED) is 0.463. The molecule has 6 atom stereocenters. The number of rotatable bonds is 0. The number of ether oxygens (including phenoxy) is 3. The molecule has 1 unspecified atom stereocenters. The lowest BCUT2D eigenvalue weighted by Gasteiger charge is -2.46. The highest BCUT2D eigenvalue weighted by molar-refractivity contribution is 4.94. The summed E-state index contributed by atoms with van der Waals surface area (Å²) in [7, 11) is 0. The maximum atomic E-state index is 13.2. The molecule has 2 aliphatic rings. The highest BCUT2D eigenvalue weighted by Gasteiger charge is 2.56. The van der Waals surface area contributed by atoms with Gasteiger partial charge < -0.3 is 29.5 Å². The molecule has 6 nitrogen and oxygen atoms in total. The van der Waals surface area contributed by atoms with Crippen molar-refractivity contribution in [3.8, 4) is 0 Å². The van der Waals surface area contributed by atoms with E-state index < -0.39 is 36.7 Å². The van der Waals surface area contributed by atoms with Crippen LogP contribution in [0.1, 0.15) is 6.92 Å². The molecule has 2 aliphatic heterocycles. The zero-order valence-corrected chi connectivity index (χ0v) is 8.04. The third kappa shape index (κ3) is 1.86. The molecule has 0 bridgehead atoms. The van der Waals surface area contributed by atoms with Gasteiger partial charge in [0, 0.05) is 0 Å². The molecule has 0 amide bonds. The number of halogens is 1. The van der Waals surface area contributed by atoms with Crippen LogP contribution in [-0.4, -0.2) is 58.7 Å². The molecule has 3 N–H and O–H groups in total. The normalized spacial score (nSPS) is 56.2. The Morgan fingerprint density at radius 3 is 2.73 bits per heavy atom. The van der Waals surface area contributed by atoms with Crippen molar-refractivity contribution >= 4 is 0 Å². The molecule has 2 saturated heterocycles. The summed E-state index contributed by atoms with van der Waals surface area (Å²) in [6.07, 6.45) is -6.01. The summed E-state index contributed by atoms with van der Waals surface area (Å²) >= 11 is 0. The van der Waals surface area contributed by atoms with Crippen LogP contribution >= 0.6 is 0 Å². The van der Waals surface area contributed by atoms with Crippen molar-refractivity contribution in [1.29, 1.82) is 0 Å². The van der Waals surface area contributed by atoms with Crippen LogP contribution in [-0.2, 0) is 14.2 Å². The SMILES string of the molecule is CC1OC[C@H]2O[C@@](O)(F)[C@H](O)[C@@H](O)[C@@H]2O1. The van der Waals surface area contributed by atoms with Crippen LogP contribution in [0.2, 0.25) is 0 Å². The Labute approximate surface area is 85.2 Å². The van der Waals surface area contributed by atoms with E-state index in [-0.39, 0.29) is 6.61 Å². The van der Waals surface area contributed by atoms with Crippen LogP contribution in [0.15, 0.2) is 0 Å². The van der Waals surface area contributed by atoms with Gasteiger partial charge in [-0.25, -0.2) is 0 Å². The van der Waals surface area contributed by atoms with Crippen LogP contribution < -0.4 is 0 Å². The molecular weight excluding hydrogens is 211 g/mol. The number of hydrogen-bond donors (Lipinski definition) is 3. The second kappa shape index (κ2) is 3.62. The first-order valence-corrected chi connectivity index (χ1v) is 4.64. The van der Waals surface area contributed by atoms with Gasteiger partial charge in [0.2, 0.25) is 0 Å². The summed E-state index contributed by atoms with van der Waals surface area (Å²) in [5.74, 6) is 0. The summed E-state index contributed by atoms with van der Waals surface area (Å²) in [6.45, 7) is 1.59. The first-order valence-electron chi connectivity index (χ1n) is 4.64. The number of aliphatic hydroxyl groups is 3. The standard InChI is InChI=1S/C8H13FO6/c1-3-13-2-4-6(14-3)5(10)7(11)8(9,12)15-4/h3-7,10-12H,2H2,1H3/t3?,4-,5+,6-,7-,8-/m1/s1. The van der Waals surface area contributed by atoms with Gasteiger partial charge in [0.05, 0.1) is 6.61 Å². The van der Waals surface area contributed by atoms with Gasteiger partial charge in [-0.3, -0.25) is 0 Å². The van der Waals surface area contributed by atoms with E-state index in [4.69, 9.17) is 14.6 Å². The van der Waals surface area contributed by atoms with Gasteiger partial charge in [0.15, 0.2) is 12.4 Å². The summed E-state index contributed by atoms with van der Waals surface area (Å²) in [6, 6.07) is -3.27. The average Bonchev–Trinajstić information content (AvgIpc) is 2.16. The van der Waals surface area contributed by atoms with Crippen LogP contribution in [0.3, 0.4) is 0 Å². The van der Waals surface area contributed by atoms with Crippen LogP contribution in [0, 0.1) is 0 Å². The van der Waals surface area contributed by atoms with Gasteiger partial charge in [0.25, 0.3) is 0 Å². The second-order valence-corrected chi connectivity index (χ2v) is 3.70. The molecule has 7 heteroatoms. The van der Waals surface area contributed by atoms with Gasteiger partial charge in [0.1, 0.15) is 18.3 Å². The molecule has 0 radical (unpaired) electrons. The van der Waals surface area contributed by atoms with E-state index in [1.165, 1.54) is 0 Å². The zero-order valence-electron chi connectivity index (χ0n) is 8.04. The minimum atomic E-state index is -3.27. The Bertz CT molecular complexity index is 245. The molecule has 0 aromatic carbocycles. The van der Waals surface area contributed by atoms with Crippen LogP contribution in [0.5, 0.6) is 0 Å². The van der Waals surface area contributed by atoms with E-state index in [1.54, 1.807) is 6.92 Å². The van der Waals surface area contributed by atoms with Crippen molar-refractivity contribution in [2.24, 2.45) is 0 Å². The molecule has 2 heterocycles. The lowest BCUT2D eigenvalue weighted by Crippen LogP contribution is -2.66. The topological polar surface area (TPSA) is 88.4 Å². The molecule has 2 rings (SSSR count). The van der Waals surface area contributed by atoms with E-state index in [2.05, 4.69) is 4.74 Å². The lowest BCUT2D eigenvalue weighted by atomic mass is 9.97. The highest BCUT2D eigenvalue weighted by atomic mass is 19.2. The van der Waals surface area contributed by atoms with Crippen molar-refractivity contribution in [2.75, 3.05) is 6.61 Å². The molecule has 0 aliphatic carbocycles. The Morgan fingerprint density at radius 1 is 1.40 bits per heavy atom. The molecular formula is C8H13FO6. The Balaban J connectivity index is 2.15. The molecule has 0 saturated carbocycles. The van der Waals surface area contributed by atoms with E-state index in [0.717, 1.165) is 0 Å². The summed E-state index contributed by atoms with van der Waals surface area (Å²) in [5.41, 5.74) is 0. The lowest BCUT2D eigenvalue weighted by molar-refractivity contribution is -0.429. The number of alkyl halides is 1. The summed E-state index contributed by atoms with van der Waals surface area (Å²) < 4.78 is 27.9. The van der Waals surface area contributed by atoms with Crippen molar-refractivity contribution in [3.63, 3.8) is 0 Å². The number of aliphatic hydroxyl groups excluding tert-OH is 2. The van der Waals surface area contributed by atoms with E-state index in [9.17, 15) is 14.6 Å². The fourth-order valence-corrected chi connectivity index (χ4v) is 1.75. The maximum Gasteiger partial charge on any atom is 0.347 e. The van der Waals surface area contributed by atoms with E-state index >= 15 is 0 Å². The Hall–Kier alpha value is -0.310. The summed E-state index contributed by atoms with van der Waals surface area (Å²) in [5, 5.41) is 27.7. The minimum absolute atomic E-state index is 0.0121. The predicted molar refractivity (Wildman–Crippen MR) is 43.2 cm³/mol. The molecule has 88 valence electrons. The maximum absolute atomic E-state index is 13.2. The first kappa shape index (κ1) is 11.2. The zero-order chi connectivity index (χ0) is 11.2. The van der Waals surface area contributed by atoms with Gasteiger partial charge in [-0.15, -0.1) is 0 Å². The first-order chi connectivity index (χ1) is 6.92. The number of hydrogen-bond acceptors (Lipinski definition) is 6. The monoisotopic (exact) mass is 224 g/mol. The fraction of sp³-hybridized carbons (Fsp3) is 1.00. The second-order valence-electron chi connectivity index (χ2n) is 3.70. The number of fused-ring (bicyclic) bond motifs is 1. The van der Waals surface area contributed by atoms with Crippen molar-refractivity contribution in [2.45, 2.75) is 43.7 Å². The Morgan fingerprint density at radius 2 is 2.07 bits per heavy atom. The van der Waals surface area contributed by atoms with Crippen molar-refractivity contribution < 1.29 is 33.9 Å². The fourth-order valence-electron chi connectivity index (χ4n) is 1.75. The van der Waals surface area contributed by atoms with E-state index in [1.807, 2.05) is 0 Å².